The van der Waals surface area contributed by atoms with Gasteiger partial charge in [0.25, 0.3) is 0 Å². The quantitative estimate of drug-likeness (QED) is 0.767. The zero-order valence-corrected chi connectivity index (χ0v) is 13.7. The minimum Gasteiger partial charge on any atom is -0.493 e. The Morgan fingerprint density at radius 3 is 2.05 bits per heavy atom. The van der Waals surface area contributed by atoms with Crippen LogP contribution in [0.1, 0.15) is 18.5 Å². The van der Waals surface area contributed by atoms with Gasteiger partial charge < -0.3 is 24.7 Å². The molecule has 126 valence electrons. The van der Waals surface area contributed by atoms with Gasteiger partial charge in [-0.1, -0.05) is 0 Å². The van der Waals surface area contributed by atoms with Crippen LogP contribution in [0.25, 0.3) is 0 Å². The molecule has 0 spiro atoms. The summed E-state index contributed by atoms with van der Waals surface area (Å²) in [5.74, 6) is 0.0259. The molecular weight excluding hydrogens is 317 g/mol. The lowest BCUT2D eigenvalue weighted by Crippen LogP contribution is -2.31. The molecule has 0 bridgehead atoms. The predicted molar refractivity (Wildman–Crippen MR) is 81.8 cm³/mol. The fraction of sp³-hybridized carbons (Fsp3) is 0.500. The number of carbonyl (C=O) groups is 1. The first-order valence-corrected chi connectivity index (χ1v) is 6.36. The highest BCUT2D eigenvalue weighted by Gasteiger charge is 2.29. The largest absolute Gasteiger partial charge is 0.493 e. The average Bonchev–Trinajstić information content (AvgIpc) is 2.51. The zero-order valence-electron chi connectivity index (χ0n) is 12.9. The second-order valence-electron chi connectivity index (χ2n) is 4.14. The standard InChI is InChI=1S/C14H20FNO5.ClH/c1-5-21-14(17)11(15)12(16)8-6-9(18-2)13(20-4)10(7-8)19-3;/h6-7,11-12H,5,16H2,1-4H3;1H/t11?,12-;/m0./s1. The number of alkyl halides is 1. The Bertz CT molecular complexity index is 475. The number of nitrogens with two attached hydrogens (primary N) is 1. The van der Waals surface area contributed by atoms with Crippen LogP contribution in [-0.4, -0.2) is 40.1 Å². The van der Waals surface area contributed by atoms with Gasteiger partial charge in [0.1, 0.15) is 0 Å². The van der Waals surface area contributed by atoms with E-state index in [-0.39, 0.29) is 19.0 Å². The van der Waals surface area contributed by atoms with E-state index in [4.69, 9.17) is 19.9 Å². The van der Waals surface area contributed by atoms with Crippen LogP contribution in [0.4, 0.5) is 4.39 Å². The fourth-order valence-corrected chi connectivity index (χ4v) is 1.83. The van der Waals surface area contributed by atoms with E-state index in [1.54, 1.807) is 6.92 Å². The van der Waals surface area contributed by atoms with E-state index in [1.807, 2.05) is 0 Å². The van der Waals surface area contributed by atoms with Crippen LogP contribution < -0.4 is 19.9 Å². The Hall–Kier alpha value is -1.73. The summed E-state index contributed by atoms with van der Waals surface area (Å²) < 4.78 is 34.1. The topological polar surface area (TPSA) is 80.0 Å². The zero-order chi connectivity index (χ0) is 16.0. The first kappa shape index (κ1) is 20.3. The number of esters is 1. The molecule has 1 rings (SSSR count). The van der Waals surface area contributed by atoms with Gasteiger partial charge >= 0.3 is 5.97 Å². The number of rotatable bonds is 7. The van der Waals surface area contributed by atoms with Gasteiger partial charge in [0, 0.05) is 0 Å². The lowest BCUT2D eigenvalue weighted by molar-refractivity contribution is -0.149. The molecule has 0 aliphatic heterocycles. The lowest BCUT2D eigenvalue weighted by atomic mass is 10.0. The van der Waals surface area contributed by atoms with Gasteiger partial charge in [-0.25, -0.2) is 9.18 Å². The van der Waals surface area contributed by atoms with Crippen molar-refractivity contribution in [3.63, 3.8) is 0 Å². The minimum absolute atomic E-state index is 0. The summed E-state index contributed by atoms with van der Waals surface area (Å²) in [7, 11) is 4.33. The van der Waals surface area contributed by atoms with Crippen molar-refractivity contribution in [3.8, 4) is 17.2 Å². The molecule has 0 saturated carbocycles. The molecule has 1 aromatic carbocycles. The van der Waals surface area contributed by atoms with Crippen LogP contribution in [0.5, 0.6) is 17.2 Å². The van der Waals surface area contributed by atoms with Crippen LogP contribution in [0.2, 0.25) is 0 Å². The third-order valence-corrected chi connectivity index (χ3v) is 2.90. The highest BCUT2D eigenvalue weighted by molar-refractivity contribution is 5.85. The van der Waals surface area contributed by atoms with Gasteiger partial charge in [0.05, 0.1) is 34.0 Å². The minimum atomic E-state index is -1.98. The summed E-state index contributed by atoms with van der Waals surface area (Å²) in [5, 5.41) is 0. The van der Waals surface area contributed by atoms with Crippen LogP contribution in [-0.2, 0) is 9.53 Å². The number of halogens is 2. The van der Waals surface area contributed by atoms with Crippen LogP contribution >= 0.6 is 12.4 Å². The Morgan fingerprint density at radius 2 is 1.68 bits per heavy atom. The molecule has 1 unspecified atom stereocenters. The summed E-state index contributed by atoms with van der Waals surface area (Å²) in [6.07, 6.45) is -1.98. The summed E-state index contributed by atoms with van der Waals surface area (Å²) in [5.41, 5.74) is 6.12. The van der Waals surface area contributed by atoms with E-state index >= 15 is 0 Å². The number of hydrogen-bond acceptors (Lipinski definition) is 6. The van der Waals surface area contributed by atoms with Crippen molar-refractivity contribution in [3.05, 3.63) is 17.7 Å². The van der Waals surface area contributed by atoms with Crippen molar-refractivity contribution in [2.75, 3.05) is 27.9 Å². The third-order valence-electron chi connectivity index (χ3n) is 2.90. The normalized spacial score (nSPS) is 12.6. The molecule has 2 N–H and O–H groups in total. The van der Waals surface area contributed by atoms with Crippen molar-refractivity contribution >= 4 is 18.4 Å². The molecule has 0 saturated heterocycles. The van der Waals surface area contributed by atoms with Crippen molar-refractivity contribution in [1.82, 2.24) is 0 Å². The van der Waals surface area contributed by atoms with Gasteiger partial charge in [-0.3, -0.25) is 0 Å². The SMILES string of the molecule is CCOC(=O)C(F)[C@@H](N)c1cc(OC)c(OC)c(OC)c1.Cl. The first-order valence-electron chi connectivity index (χ1n) is 6.36. The number of hydrogen-bond donors (Lipinski definition) is 1. The molecule has 0 amide bonds. The molecule has 1 aromatic rings. The Kier molecular flexibility index (Phi) is 8.59. The van der Waals surface area contributed by atoms with Crippen molar-refractivity contribution in [2.24, 2.45) is 5.73 Å². The summed E-state index contributed by atoms with van der Waals surface area (Å²) >= 11 is 0. The predicted octanol–water partition coefficient (Wildman–Crippen LogP) is 2.04. The highest BCUT2D eigenvalue weighted by Crippen LogP contribution is 2.40. The van der Waals surface area contributed by atoms with E-state index in [2.05, 4.69) is 4.74 Å². The summed E-state index contributed by atoms with van der Waals surface area (Å²) in [6.45, 7) is 1.68. The monoisotopic (exact) mass is 337 g/mol. The van der Waals surface area contributed by atoms with Gasteiger partial charge in [-0.2, -0.15) is 0 Å². The maximum atomic E-state index is 14.0. The molecule has 6 nitrogen and oxygen atoms in total. The van der Waals surface area contributed by atoms with Crippen molar-refractivity contribution in [1.29, 1.82) is 0 Å². The molecule has 0 heterocycles. The van der Waals surface area contributed by atoms with Crippen LogP contribution in [0.3, 0.4) is 0 Å². The maximum Gasteiger partial charge on any atom is 0.342 e. The number of ether oxygens (including phenoxy) is 4. The third kappa shape index (κ3) is 4.38. The Balaban J connectivity index is 0.00000441. The van der Waals surface area contributed by atoms with Crippen molar-refractivity contribution in [2.45, 2.75) is 19.1 Å². The van der Waals surface area contributed by atoms with Crippen molar-refractivity contribution < 1.29 is 28.1 Å². The van der Waals surface area contributed by atoms with E-state index < -0.39 is 18.2 Å². The van der Waals surface area contributed by atoms with Gasteiger partial charge in [-0.05, 0) is 24.6 Å². The number of benzene rings is 1. The molecule has 0 fully saturated rings. The van der Waals surface area contributed by atoms with Crippen LogP contribution in [0.15, 0.2) is 12.1 Å². The molecule has 0 aliphatic carbocycles. The Morgan fingerprint density at radius 1 is 1.18 bits per heavy atom. The second-order valence-corrected chi connectivity index (χ2v) is 4.14. The molecular formula is C14H21ClFNO5. The lowest BCUT2D eigenvalue weighted by Gasteiger charge is -2.19. The highest BCUT2D eigenvalue weighted by atomic mass is 35.5. The average molecular weight is 338 g/mol. The van der Waals surface area contributed by atoms with Gasteiger partial charge in [-0.15, -0.1) is 12.4 Å². The number of methoxy groups -OCH3 is 3. The smallest absolute Gasteiger partial charge is 0.342 e. The van der Waals surface area contributed by atoms with E-state index in [1.165, 1.54) is 33.5 Å². The molecule has 0 aliphatic rings. The first-order chi connectivity index (χ1) is 9.99. The molecule has 0 aromatic heterocycles. The van der Waals surface area contributed by atoms with Gasteiger partial charge in [0.2, 0.25) is 11.9 Å². The maximum absolute atomic E-state index is 14.0. The van der Waals surface area contributed by atoms with Crippen LogP contribution in [0, 0.1) is 0 Å². The Labute approximate surface area is 135 Å². The molecule has 2 atom stereocenters. The van der Waals surface area contributed by atoms with E-state index in [9.17, 15) is 9.18 Å². The molecule has 8 heteroatoms. The molecule has 22 heavy (non-hydrogen) atoms. The second kappa shape index (κ2) is 9.32. The fourth-order valence-electron chi connectivity index (χ4n) is 1.83. The van der Waals surface area contributed by atoms with E-state index in [0.29, 0.717) is 22.8 Å². The molecule has 0 radical (unpaired) electrons. The summed E-state index contributed by atoms with van der Waals surface area (Å²) in [6, 6.07) is 1.80. The van der Waals surface area contributed by atoms with Gasteiger partial charge in [0.15, 0.2) is 11.5 Å². The number of carbonyl (C=O) groups excluding carboxylic acids is 1. The summed E-state index contributed by atoms with van der Waals surface area (Å²) in [4.78, 5) is 11.4. The van der Waals surface area contributed by atoms with E-state index in [0.717, 1.165) is 0 Å².